The molecule has 0 saturated heterocycles. The third kappa shape index (κ3) is 2.72. The molecule has 3 N–H and O–H groups in total. The molecule has 3 nitrogen and oxygen atoms in total. The van der Waals surface area contributed by atoms with Gasteiger partial charge in [-0.05, 0) is 43.9 Å². The Labute approximate surface area is 109 Å². The van der Waals surface area contributed by atoms with E-state index in [1.165, 1.54) is 6.42 Å². The van der Waals surface area contributed by atoms with Crippen LogP contribution in [0.25, 0.3) is 0 Å². The fourth-order valence-electron chi connectivity index (χ4n) is 2.58. The summed E-state index contributed by atoms with van der Waals surface area (Å²) in [5, 5.41) is 3.09. The summed E-state index contributed by atoms with van der Waals surface area (Å²) in [6, 6.07) is 6.07. The van der Waals surface area contributed by atoms with Crippen LogP contribution in [-0.4, -0.2) is 18.0 Å². The lowest BCUT2D eigenvalue weighted by molar-refractivity contribution is 0.0920. The van der Waals surface area contributed by atoms with Crippen molar-refractivity contribution >= 4 is 5.91 Å². The number of benzene rings is 1. The molecule has 0 heterocycles. The summed E-state index contributed by atoms with van der Waals surface area (Å²) < 4.78 is 0. The van der Waals surface area contributed by atoms with Crippen molar-refractivity contribution in [1.82, 2.24) is 5.32 Å². The molecular formula is C15H22N2O. The topological polar surface area (TPSA) is 55.1 Å². The van der Waals surface area contributed by atoms with E-state index in [1.807, 2.05) is 32.0 Å². The zero-order valence-corrected chi connectivity index (χ0v) is 11.2. The van der Waals surface area contributed by atoms with Crippen molar-refractivity contribution in [2.45, 2.75) is 51.6 Å². The maximum absolute atomic E-state index is 12.3. The molecule has 18 heavy (non-hydrogen) atoms. The number of nitrogens with one attached hydrogen (secondary N) is 1. The molecule has 0 spiro atoms. The number of nitrogens with two attached hydrogens (primary N) is 1. The first-order chi connectivity index (χ1) is 8.59. The number of carbonyl (C=O) groups excluding carboxylic acids is 1. The number of aryl methyl sites for hydroxylation is 1. The van der Waals surface area contributed by atoms with Gasteiger partial charge in [0, 0.05) is 17.6 Å². The van der Waals surface area contributed by atoms with Crippen molar-refractivity contribution in [3.63, 3.8) is 0 Å². The highest BCUT2D eigenvalue weighted by Crippen LogP contribution is 2.18. The standard InChI is InChI=1S/C15H22N2O/c1-10-6-5-7-12(11(10)2)15(18)17-14-9-4-3-8-13(14)16/h5-7,13-14H,3-4,8-9,16H2,1-2H3,(H,17,18). The van der Waals surface area contributed by atoms with Gasteiger partial charge < -0.3 is 11.1 Å². The molecule has 1 fully saturated rings. The molecule has 0 radical (unpaired) electrons. The van der Waals surface area contributed by atoms with Crippen LogP contribution in [0.4, 0.5) is 0 Å². The average Bonchev–Trinajstić information content (AvgIpc) is 2.35. The predicted octanol–water partition coefficient (Wildman–Crippen LogP) is 2.30. The van der Waals surface area contributed by atoms with Crippen molar-refractivity contribution < 1.29 is 4.79 Å². The van der Waals surface area contributed by atoms with Gasteiger partial charge in [0.1, 0.15) is 0 Å². The third-order valence-corrected chi connectivity index (χ3v) is 3.99. The van der Waals surface area contributed by atoms with Crippen molar-refractivity contribution in [3.05, 3.63) is 34.9 Å². The highest BCUT2D eigenvalue weighted by Gasteiger charge is 2.24. The summed E-state index contributed by atoms with van der Waals surface area (Å²) in [6.07, 6.45) is 4.35. The summed E-state index contributed by atoms with van der Waals surface area (Å²) >= 11 is 0. The molecule has 1 aliphatic rings. The van der Waals surface area contributed by atoms with Gasteiger partial charge in [0.2, 0.25) is 0 Å². The van der Waals surface area contributed by atoms with Crippen LogP contribution >= 0.6 is 0 Å². The molecule has 1 amide bonds. The second kappa shape index (κ2) is 5.53. The van der Waals surface area contributed by atoms with E-state index in [9.17, 15) is 4.79 Å². The minimum atomic E-state index is 0.0125. The monoisotopic (exact) mass is 246 g/mol. The second-order valence-corrected chi connectivity index (χ2v) is 5.28. The summed E-state index contributed by atoms with van der Waals surface area (Å²) in [5.41, 5.74) is 9.03. The Morgan fingerprint density at radius 2 is 2.00 bits per heavy atom. The van der Waals surface area contributed by atoms with E-state index in [0.29, 0.717) is 0 Å². The Kier molecular flexibility index (Phi) is 4.02. The highest BCUT2D eigenvalue weighted by atomic mass is 16.1. The van der Waals surface area contributed by atoms with E-state index < -0.39 is 0 Å². The third-order valence-electron chi connectivity index (χ3n) is 3.99. The Morgan fingerprint density at radius 3 is 2.72 bits per heavy atom. The lowest BCUT2D eigenvalue weighted by Crippen LogP contribution is -2.49. The zero-order chi connectivity index (χ0) is 13.1. The summed E-state index contributed by atoms with van der Waals surface area (Å²) in [7, 11) is 0. The van der Waals surface area contributed by atoms with Gasteiger partial charge in [0.05, 0.1) is 0 Å². The zero-order valence-electron chi connectivity index (χ0n) is 11.2. The Hall–Kier alpha value is -1.35. The quantitative estimate of drug-likeness (QED) is 0.841. The van der Waals surface area contributed by atoms with Crippen LogP contribution < -0.4 is 11.1 Å². The Morgan fingerprint density at radius 1 is 1.28 bits per heavy atom. The SMILES string of the molecule is Cc1cccc(C(=O)NC2CCCCC2N)c1C. The van der Waals surface area contributed by atoms with Gasteiger partial charge in [-0.3, -0.25) is 4.79 Å². The van der Waals surface area contributed by atoms with Gasteiger partial charge >= 0.3 is 0 Å². The minimum absolute atomic E-state index is 0.0125. The van der Waals surface area contributed by atoms with Crippen LogP contribution in [-0.2, 0) is 0 Å². The van der Waals surface area contributed by atoms with Crippen molar-refractivity contribution in [3.8, 4) is 0 Å². The molecule has 3 heteroatoms. The van der Waals surface area contributed by atoms with Gasteiger partial charge in [-0.15, -0.1) is 0 Å². The second-order valence-electron chi connectivity index (χ2n) is 5.28. The molecule has 1 aromatic rings. The number of rotatable bonds is 2. The molecule has 98 valence electrons. The molecule has 2 rings (SSSR count). The van der Waals surface area contributed by atoms with E-state index in [1.54, 1.807) is 0 Å². The molecule has 0 aromatic heterocycles. The maximum Gasteiger partial charge on any atom is 0.251 e. The summed E-state index contributed by atoms with van der Waals surface area (Å²) in [5.74, 6) is 0.0125. The van der Waals surface area contributed by atoms with Crippen LogP contribution in [0.1, 0.15) is 47.2 Å². The van der Waals surface area contributed by atoms with Gasteiger partial charge in [-0.2, -0.15) is 0 Å². The summed E-state index contributed by atoms with van der Waals surface area (Å²) in [6.45, 7) is 4.02. The molecular weight excluding hydrogens is 224 g/mol. The van der Waals surface area contributed by atoms with E-state index >= 15 is 0 Å². The first kappa shape index (κ1) is 13.1. The smallest absolute Gasteiger partial charge is 0.251 e. The number of hydrogen-bond donors (Lipinski definition) is 2. The average molecular weight is 246 g/mol. The fourth-order valence-corrected chi connectivity index (χ4v) is 2.58. The minimum Gasteiger partial charge on any atom is -0.348 e. The van der Waals surface area contributed by atoms with E-state index in [4.69, 9.17) is 5.73 Å². The number of hydrogen-bond acceptors (Lipinski definition) is 2. The van der Waals surface area contributed by atoms with E-state index in [0.717, 1.165) is 36.0 Å². The normalized spacial score (nSPS) is 23.7. The van der Waals surface area contributed by atoms with Crippen molar-refractivity contribution in [2.75, 3.05) is 0 Å². The van der Waals surface area contributed by atoms with E-state index in [2.05, 4.69) is 5.32 Å². The lowest BCUT2D eigenvalue weighted by Gasteiger charge is -2.29. The first-order valence-corrected chi connectivity index (χ1v) is 6.72. The molecule has 0 aliphatic heterocycles. The van der Waals surface area contributed by atoms with Gasteiger partial charge in [-0.1, -0.05) is 25.0 Å². The maximum atomic E-state index is 12.3. The van der Waals surface area contributed by atoms with Gasteiger partial charge in [0.25, 0.3) is 5.91 Å². The summed E-state index contributed by atoms with van der Waals surface area (Å²) in [4.78, 5) is 12.3. The molecule has 1 saturated carbocycles. The number of amides is 1. The van der Waals surface area contributed by atoms with Crippen LogP contribution in [0, 0.1) is 13.8 Å². The lowest BCUT2D eigenvalue weighted by atomic mass is 9.90. The number of carbonyl (C=O) groups is 1. The van der Waals surface area contributed by atoms with Crippen LogP contribution in [0.15, 0.2) is 18.2 Å². The molecule has 2 atom stereocenters. The fraction of sp³-hybridized carbons (Fsp3) is 0.533. The molecule has 1 aliphatic carbocycles. The molecule has 1 aromatic carbocycles. The molecule has 0 bridgehead atoms. The van der Waals surface area contributed by atoms with Crippen molar-refractivity contribution in [1.29, 1.82) is 0 Å². The highest BCUT2D eigenvalue weighted by molar-refractivity contribution is 5.96. The van der Waals surface area contributed by atoms with E-state index in [-0.39, 0.29) is 18.0 Å². The Balaban J connectivity index is 2.09. The van der Waals surface area contributed by atoms with Gasteiger partial charge in [0.15, 0.2) is 0 Å². The van der Waals surface area contributed by atoms with Crippen LogP contribution in [0.3, 0.4) is 0 Å². The largest absolute Gasteiger partial charge is 0.348 e. The van der Waals surface area contributed by atoms with Crippen LogP contribution in [0.2, 0.25) is 0 Å². The first-order valence-electron chi connectivity index (χ1n) is 6.72. The van der Waals surface area contributed by atoms with Crippen LogP contribution in [0.5, 0.6) is 0 Å². The van der Waals surface area contributed by atoms with Gasteiger partial charge in [-0.25, -0.2) is 0 Å². The predicted molar refractivity (Wildman–Crippen MR) is 73.6 cm³/mol. The van der Waals surface area contributed by atoms with Crippen molar-refractivity contribution in [2.24, 2.45) is 5.73 Å². The molecule has 2 unspecified atom stereocenters. The Bertz CT molecular complexity index is 442.